The van der Waals surface area contributed by atoms with Crippen LogP contribution in [0.4, 0.5) is 17.1 Å². The average molecular weight is 735 g/mol. The number of rotatable bonds is 9. The highest BCUT2D eigenvalue weighted by molar-refractivity contribution is 6.04. The van der Waals surface area contributed by atoms with E-state index in [1.54, 1.807) is 0 Å². The summed E-state index contributed by atoms with van der Waals surface area (Å²) in [6, 6.07) is 62.2. The van der Waals surface area contributed by atoms with Crippen molar-refractivity contribution < 1.29 is 0 Å². The molecule has 0 N–H and O–H groups in total. The highest BCUT2D eigenvalue weighted by Crippen LogP contribution is 2.51. The second kappa shape index (κ2) is 14.6. The molecule has 9 rings (SSSR count). The van der Waals surface area contributed by atoms with E-state index >= 15 is 0 Å². The topological polar surface area (TPSA) is 8.17 Å². The van der Waals surface area contributed by atoms with Crippen molar-refractivity contribution >= 4 is 33.5 Å². The minimum absolute atomic E-state index is 0.0990. The second-order valence-electron chi connectivity index (χ2n) is 15.4. The van der Waals surface area contributed by atoms with E-state index in [1.807, 2.05) is 13.0 Å². The molecule has 2 heteroatoms. The van der Waals surface area contributed by atoms with Gasteiger partial charge in [0.2, 0.25) is 0 Å². The maximum atomic E-state index is 3.94. The summed E-state index contributed by atoms with van der Waals surface area (Å²) in [6.45, 7) is 10.7. The maximum Gasteiger partial charge on any atom is 0.0568 e. The zero-order valence-corrected chi connectivity index (χ0v) is 33.1. The minimum Gasteiger partial charge on any atom is -0.343 e. The van der Waals surface area contributed by atoms with Gasteiger partial charge in [0.05, 0.1) is 5.69 Å². The van der Waals surface area contributed by atoms with Gasteiger partial charge in [0.25, 0.3) is 0 Å². The molecule has 0 bridgehead atoms. The van der Waals surface area contributed by atoms with E-state index in [4.69, 9.17) is 0 Å². The summed E-state index contributed by atoms with van der Waals surface area (Å²) in [5, 5.41) is 1.26. The van der Waals surface area contributed by atoms with Gasteiger partial charge in [-0.25, -0.2) is 0 Å². The number of aryl methyl sites for hydroxylation is 1. The quantitative estimate of drug-likeness (QED) is 0.134. The van der Waals surface area contributed by atoms with E-state index in [0.717, 1.165) is 28.2 Å². The van der Waals surface area contributed by atoms with Crippen LogP contribution >= 0.6 is 0 Å². The van der Waals surface area contributed by atoms with Gasteiger partial charge in [-0.1, -0.05) is 172 Å². The van der Waals surface area contributed by atoms with Crippen molar-refractivity contribution in [2.45, 2.75) is 26.2 Å². The molecule has 8 aromatic rings. The van der Waals surface area contributed by atoms with Crippen LogP contribution in [0.15, 0.2) is 201 Å². The van der Waals surface area contributed by atoms with Gasteiger partial charge in [-0.05, 0) is 105 Å². The molecule has 0 saturated heterocycles. The number of benzene rings is 7. The molecule has 0 amide bonds. The fraction of sp³-hybridized carbons (Fsp3) is 0.0909. The summed E-state index contributed by atoms with van der Waals surface area (Å²) in [7, 11) is 2.17. The zero-order chi connectivity index (χ0) is 39.1. The van der Waals surface area contributed by atoms with Gasteiger partial charge in [-0.2, -0.15) is 0 Å². The summed E-state index contributed by atoms with van der Waals surface area (Å²) in [5.74, 6) is 0. The van der Waals surface area contributed by atoms with Gasteiger partial charge in [0.15, 0.2) is 0 Å². The molecule has 7 aromatic carbocycles. The van der Waals surface area contributed by atoms with Crippen LogP contribution in [0.5, 0.6) is 0 Å². The Morgan fingerprint density at radius 2 is 1.16 bits per heavy atom. The third-order valence-corrected chi connectivity index (χ3v) is 11.7. The van der Waals surface area contributed by atoms with Crippen molar-refractivity contribution in [3.05, 3.63) is 217 Å². The van der Waals surface area contributed by atoms with Gasteiger partial charge >= 0.3 is 0 Å². The molecule has 0 unspecified atom stereocenters. The van der Waals surface area contributed by atoms with E-state index < -0.39 is 0 Å². The minimum atomic E-state index is -0.0990. The van der Waals surface area contributed by atoms with Gasteiger partial charge in [0, 0.05) is 46.0 Å². The highest BCUT2D eigenvalue weighted by Gasteiger charge is 2.35. The first-order valence-corrected chi connectivity index (χ1v) is 19.8. The Balaban J connectivity index is 1.09. The second-order valence-corrected chi connectivity index (χ2v) is 15.4. The predicted molar refractivity (Wildman–Crippen MR) is 244 cm³/mol. The first-order valence-electron chi connectivity index (χ1n) is 19.8. The summed E-state index contributed by atoms with van der Waals surface area (Å²) >= 11 is 0. The smallest absolute Gasteiger partial charge is 0.0568 e. The lowest BCUT2D eigenvalue weighted by Crippen LogP contribution is -2.16. The predicted octanol–water partition coefficient (Wildman–Crippen LogP) is 15.1. The summed E-state index contributed by atoms with van der Waals surface area (Å²) in [6.07, 6.45) is 8.11. The summed E-state index contributed by atoms with van der Waals surface area (Å²) in [5.41, 5.74) is 19.4. The Morgan fingerprint density at radius 1 is 0.579 bits per heavy atom. The van der Waals surface area contributed by atoms with Gasteiger partial charge in [-0.3, -0.25) is 0 Å². The van der Waals surface area contributed by atoms with Crippen molar-refractivity contribution in [2.24, 2.45) is 7.05 Å². The number of aromatic nitrogens is 1. The number of fused-ring (bicyclic) bond motifs is 4. The van der Waals surface area contributed by atoms with Gasteiger partial charge in [0.1, 0.15) is 0 Å². The lowest BCUT2D eigenvalue weighted by Gasteiger charge is -2.28. The number of anilines is 3. The molecule has 1 aliphatic rings. The molecule has 1 aromatic heterocycles. The fourth-order valence-corrected chi connectivity index (χ4v) is 8.89. The van der Waals surface area contributed by atoms with Crippen LogP contribution in [-0.4, -0.2) is 4.57 Å². The molecule has 0 fully saturated rings. The van der Waals surface area contributed by atoms with Crippen LogP contribution in [-0.2, 0) is 12.5 Å². The summed E-state index contributed by atoms with van der Waals surface area (Å²) in [4.78, 5) is 2.38. The van der Waals surface area contributed by atoms with E-state index in [2.05, 4.69) is 225 Å². The van der Waals surface area contributed by atoms with Crippen molar-refractivity contribution in [1.29, 1.82) is 0 Å². The van der Waals surface area contributed by atoms with Crippen molar-refractivity contribution in [3.63, 3.8) is 0 Å². The average Bonchev–Trinajstić information content (AvgIpc) is 3.68. The lowest BCUT2D eigenvalue weighted by molar-refractivity contribution is 0.660. The molecule has 0 saturated carbocycles. The molecule has 0 aliphatic heterocycles. The van der Waals surface area contributed by atoms with Crippen LogP contribution in [0.2, 0.25) is 0 Å². The highest BCUT2D eigenvalue weighted by atomic mass is 15.1. The van der Waals surface area contributed by atoms with Crippen LogP contribution in [0, 0.1) is 0 Å². The summed E-state index contributed by atoms with van der Waals surface area (Å²) < 4.78 is 2.33. The van der Waals surface area contributed by atoms with Crippen LogP contribution < -0.4 is 4.90 Å². The van der Waals surface area contributed by atoms with Gasteiger partial charge < -0.3 is 9.47 Å². The van der Waals surface area contributed by atoms with Gasteiger partial charge in [-0.15, -0.1) is 0 Å². The van der Waals surface area contributed by atoms with Crippen molar-refractivity contribution in [1.82, 2.24) is 4.57 Å². The van der Waals surface area contributed by atoms with Crippen LogP contribution in [0.25, 0.3) is 61.1 Å². The standard InChI is InChI=1S/C55H46N2/c1-6-15-38(16-7-2)40-27-31-44(32-28-40)57(46-35-36-48-47-19-11-13-21-50(47)55(3,4)51(48)37-46)45-33-29-41(30-34-45)39-23-25-42(26-24-39)53-49-20-12-14-22-52(49)56(5)54(53)43-17-9-8-10-18-43/h6-37H,1H2,2-5H3/b16-7-,38-15+. The number of hydrogen-bond acceptors (Lipinski definition) is 1. The van der Waals surface area contributed by atoms with Crippen molar-refractivity contribution in [2.75, 3.05) is 4.90 Å². The Kier molecular flexibility index (Phi) is 9.19. The molecule has 0 radical (unpaired) electrons. The van der Waals surface area contributed by atoms with E-state index in [0.29, 0.717) is 0 Å². The largest absolute Gasteiger partial charge is 0.343 e. The monoisotopic (exact) mass is 734 g/mol. The SMILES string of the molecule is C=C/C=C(\C=C/C)c1ccc(N(c2ccc(-c3ccc(-c4c(-c5ccccc5)n(C)c5ccccc45)cc3)cc2)c2ccc3c(c2)C(C)(C)c2ccccc2-3)cc1. The first-order chi connectivity index (χ1) is 27.9. The first kappa shape index (κ1) is 35.8. The Morgan fingerprint density at radius 3 is 1.86 bits per heavy atom. The van der Waals surface area contributed by atoms with Crippen LogP contribution in [0.1, 0.15) is 37.5 Å². The van der Waals surface area contributed by atoms with E-state index in [9.17, 15) is 0 Å². The normalized spacial score (nSPS) is 13.2. The molecule has 0 spiro atoms. The molecule has 276 valence electrons. The van der Waals surface area contributed by atoms with Crippen LogP contribution in [0.3, 0.4) is 0 Å². The zero-order valence-electron chi connectivity index (χ0n) is 33.1. The van der Waals surface area contributed by atoms with Crippen molar-refractivity contribution in [3.8, 4) is 44.6 Å². The molecule has 1 aliphatic carbocycles. The maximum absolute atomic E-state index is 3.94. The third kappa shape index (κ3) is 6.24. The Hall–Kier alpha value is -6.90. The number of para-hydroxylation sites is 1. The Labute approximate surface area is 337 Å². The molecule has 1 heterocycles. The third-order valence-electron chi connectivity index (χ3n) is 11.7. The number of allylic oxidation sites excluding steroid dienone is 5. The number of hydrogen-bond donors (Lipinski definition) is 0. The van der Waals surface area contributed by atoms with E-state index in [-0.39, 0.29) is 5.41 Å². The van der Waals surface area contributed by atoms with E-state index in [1.165, 1.54) is 66.7 Å². The lowest BCUT2D eigenvalue weighted by atomic mass is 9.82. The number of nitrogens with zero attached hydrogens (tertiary/aromatic N) is 2. The molecule has 57 heavy (non-hydrogen) atoms. The molecule has 0 atom stereocenters. The fourth-order valence-electron chi connectivity index (χ4n) is 8.89. The molecule has 2 nitrogen and oxygen atoms in total. The molecular formula is C55H46N2. The Bertz CT molecular complexity index is 2810. The molecular weight excluding hydrogens is 689 g/mol.